The molecule has 0 saturated carbocycles. The van der Waals surface area contributed by atoms with Gasteiger partial charge in [0.25, 0.3) is 0 Å². The fourth-order valence-corrected chi connectivity index (χ4v) is 1.94. The van der Waals surface area contributed by atoms with Gasteiger partial charge in [-0.25, -0.2) is 4.79 Å². The van der Waals surface area contributed by atoms with Gasteiger partial charge >= 0.3 is 6.03 Å². The summed E-state index contributed by atoms with van der Waals surface area (Å²) < 4.78 is 4.88. The van der Waals surface area contributed by atoms with Gasteiger partial charge in [-0.2, -0.15) is 0 Å². The maximum absolute atomic E-state index is 11.3. The summed E-state index contributed by atoms with van der Waals surface area (Å²) in [6.45, 7) is 2.00. The Morgan fingerprint density at radius 1 is 1.44 bits per heavy atom. The van der Waals surface area contributed by atoms with Crippen molar-refractivity contribution in [2.45, 2.75) is 12.8 Å². The molecule has 0 fully saturated rings. The Hall–Kier alpha value is -1.07. The highest BCUT2D eigenvalue weighted by Crippen LogP contribution is 2.07. The Morgan fingerprint density at radius 2 is 2.25 bits per heavy atom. The third-order valence-corrected chi connectivity index (χ3v) is 2.98. The van der Waals surface area contributed by atoms with Crippen molar-refractivity contribution in [2.75, 3.05) is 26.8 Å². The van der Waals surface area contributed by atoms with E-state index in [1.807, 2.05) is 11.4 Å². The van der Waals surface area contributed by atoms with Crippen LogP contribution < -0.4 is 10.6 Å². The highest BCUT2D eigenvalue weighted by atomic mass is 32.1. The van der Waals surface area contributed by atoms with E-state index in [-0.39, 0.29) is 6.03 Å². The number of ether oxygens (including phenoxy) is 1. The van der Waals surface area contributed by atoms with Crippen LogP contribution in [0, 0.1) is 0 Å². The third kappa shape index (κ3) is 5.72. The summed E-state index contributed by atoms with van der Waals surface area (Å²) in [6.07, 6.45) is 1.73. The van der Waals surface area contributed by atoms with Crippen molar-refractivity contribution >= 4 is 17.4 Å². The molecule has 0 aliphatic rings. The number of hydrogen-bond donors (Lipinski definition) is 2. The first kappa shape index (κ1) is 13.0. The summed E-state index contributed by atoms with van der Waals surface area (Å²) in [5, 5.41) is 7.63. The Labute approximate surface area is 100 Å². The largest absolute Gasteiger partial charge is 0.385 e. The second kappa shape index (κ2) is 8.13. The molecule has 5 heteroatoms. The normalized spacial score (nSPS) is 10.1. The van der Waals surface area contributed by atoms with Gasteiger partial charge in [0.1, 0.15) is 0 Å². The number of carbonyl (C=O) groups is 1. The Bertz CT molecular complexity index is 288. The van der Waals surface area contributed by atoms with Crippen molar-refractivity contribution in [2.24, 2.45) is 0 Å². The van der Waals surface area contributed by atoms with E-state index in [1.165, 1.54) is 4.88 Å². The molecule has 1 rings (SSSR count). The summed E-state index contributed by atoms with van der Waals surface area (Å²) in [5.41, 5.74) is 0. The zero-order chi connectivity index (χ0) is 11.6. The van der Waals surface area contributed by atoms with Crippen LogP contribution in [0.25, 0.3) is 0 Å². The van der Waals surface area contributed by atoms with Crippen molar-refractivity contribution in [1.29, 1.82) is 0 Å². The molecule has 0 atom stereocenters. The molecule has 1 aromatic rings. The van der Waals surface area contributed by atoms with Crippen LogP contribution in [0.3, 0.4) is 0 Å². The van der Waals surface area contributed by atoms with Gasteiger partial charge < -0.3 is 15.4 Å². The molecular weight excluding hydrogens is 224 g/mol. The van der Waals surface area contributed by atoms with Gasteiger partial charge in [0.2, 0.25) is 0 Å². The molecule has 0 radical (unpaired) electrons. The maximum Gasteiger partial charge on any atom is 0.314 e. The second-order valence-corrected chi connectivity index (χ2v) is 4.39. The molecule has 1 heterocycles. The van der Waals surface area contributed by atoms with Crippen LogP contribution in [0.15, 0.2) is 17.5 Å². The van der Waals surface area contributed by atoms with Crippen molar-refractivity contribution in [3.63, 3.8) is 0 Å². The van der Waals surface area contributed by atoms with Crippen LogP contribution in [0.4, 0.5) is 4.79 Å². The number of thiophene rings is 1. The fraction of sp³-hybridized carbons (Fsp3) is 0.545. The van der Waals surface area contributed by atoms with E-state index in [0.29, 0.717) is 19.7 Å². The predicted octanol–water partition coefficient (Wildman–Crippen LogP) is 1.63. The zero-order valence-electron chi connectivity index (χ0n) is 9.49. The highest BCUT2D eigenvalue weighted by Gasteiger charge is 1.99. The van der Waals surface area contributed by atoms with E-state index in [2.05, 4.69) is 16.7 Å². The number of carbonyl (C=O) groups excluding carboxylic acids is 1. The minimum atomic E-state index is -0.104. The summed E-state index contributed by atoms with van der Waals surface area (Å²) in [7, 11) is 1.65. The summed E-state index contributed by atoms with van der Waals surface area (Å²) in [5.74, 6) is 0. The van der Waals surface area contributed by atoms with Crippen LogP contribution in [0.1, 0.15) is 11.3 Å². The summed E-state index contributed by atoms with van der Waals surface area (Å²) in [4.78, 5) is 12.6. The molecule has 16 heavy (non-hydrogen) atoms. The average Bonchev–Trinajstić information content (AvgIpc) is 2.77. The Balaban J connectivity index is 1.98. The molecule has 0 aliphatic carbocycles. The van der Waals surface area contributed by atoms with Gasteiger partial charge in [-0.15, -0.1) is 11.3 Å². The van der Waals surface area contributed by atoms with Crippen LogP contribution in [-0.4, -0.2) is 32.8 Å². The van der Waals surface area contributed by atoms with E-state index in [1.54, 1.807) is 18.4 Å². The molecule has 0 unspecified atom stereocenters. The molecule has 90 valence electrons. The van der Waals surface area contributed by atoms with Gasteiger partial charge in [-0.05, 0) is 24.3 Å². The SMILES string of the molecule is COCCCNC(=O)NCCc1cccs1. The summed E-state index contributed by atoms with van der Waals surface area (Å²) >= 11 is 1.71. The minimum absolute atomic E-state index is 0.104. The number of amides is 2. The second-order valence-electron chi connectivity index (χ2n) is 3.36. The molecule has 0 aromatic carbocycles. The molecule has 0 aliphatic heterocycles. The first-order valence-corrected chi connectivity index (χ1v) is 6.24. The molecule has 2 N–H and O–H groups in total. The van der Waals surface area contributed by atoms with Crippen molar-refractivity contribution < 1.29 is 9.53 Å². The molecule has 2 amide bonds. The number of nitrogens with one attached hydrogen (secondary N) is 2. The molecule has 0 saturated heterocycles. The van der Waals surface area contributed by atoms with Crippen LogP contribution in [0.5, 0.6) is 0 Å². The monoisotopic (exact) mass is 242 g/mol. The fourth-order valence-electron chi connectivity index (χ4n) is 1.23. The lowest BCUT2D eigenvalue weighted by atomic mass is 10.3. The molecule has 0 spiro atoms. The van der Waals surface area contributed by atoms with Gasteiger partial charge in [0.15, 0.2) is 0 Å². The maximum atomic E-state index is 11.3. The first-order valence-electron chi connectivity index (χ1n) is 5.36. The third-order valence-electron chi connectivity index (χ3n) is 2.05. The van der Waals surface area contributed by atoms with Gasteiger partial charge in [-0.1, -0.05) is 6.07 Å². The van der Waals surface area contributed by atoms with Crippen molar-refractivity contribution in [3.8, 4) is 0 Å². The van der Waals surface area contributed by atoms with E-state index in [0.717, 1.165) is 12.8 Å². The molecule has 4 nitrogen and oxygen atoms in total. The number of methoxy groups -OCH3 is 1. The van der Waals surface area contributed by atoms with E-state index in [9.17, 15) is 4.79 Å². The highest BCUT2D eigenvalue weighted by molar-refractivity contribution is 7.09. The number of rotatable bonds is 7. The van der Waals surface area contributed by atoms with Gasteiger partial charge in [0, 0.05) is 31.7 Å². The standard InChI is InChI=1S/C11H18N2O2S/c1-15-8-3-6-12-11(14)13-7-5-10-4-2-9-16-10/h2,4,9H,3,5-8H2,1H3,(H2,12,13,14). The predicted molar refractivity (Wildman–Crippen MR) is 65.9 cm³/mol. The van der Waals surface area contributed by atoms with Gasteiger partial charge in [-0.3, -0.25) is 0 Å². The Kier molecular flexibility index (Phi) is 6.60. The quantitative estimate of drug-likeness (QED) is 0.714. The number of urea groups is 1. The lowest BCUT2D eigenvalue weighted by Gasteiger charge is -2.06. The van der Waals surface area contributed by atoms with Crippen LogP contribution in [-0.2, 0) is 11.2 Å². The zero-order valence-corrected chi connectivity index (χ0v) is 10.3. The lowest BCUT2D eigenvalue weighted by Crippen LogP contribution is -2.37. The van der Waals surface area contributed by atoms with Gasteiger partial charge in [0.05, 0.1) is 0 Å². The summed E-state index contributed by atoms with van der Waals surface area (Å²) in [6, 6.07) is 3.99. The first-order chi connectivity index (χ1) is 7.83. The molecule has 1 aromatic heterocycles. The minimum Gasteiger partial charge on any atom is -0.385 e. The van der Waals surface area contributed by atoms with Crippen molar-refractivity contribution in [3.05, 3.63) is 22.4 Å². The molecular formula is C11H18N2O2S. The smallest absolute Gasteiger partial charge is 0.314 e. The van der Waals surface area contributed by atoms with E-state index in [4.69, 9.17) is 4.74 Å². The molecule has 0 bridgehead atoms. The van der Waals surface area contributed by atoms with E-state index < -0.39 is 0 Å². The van der Waals surface area contributed by atoms with Crippen LogP contribution in [0.2, 0.25) is 0 Å². The average molecular weight is 242 g/mol. The van der Waals surface area contributed by atoms with Crippen LogP contribution >= 0.6 is 11.3 Å². The lowest BCUT2D eigenvalue weighted by molar-refractivity contribution is 0.193. The van der Waals surface area contributed by atoms with Crippen molar-refractivity contribution in [1.82, 2.24) is 10.6 Å². The van der Waals surface area contributed by atoms with E-state index >= 15 is 0 Å². The topological polar surface area (TPSA) is 50.4 Å². The Morgan fingerprint density at radius 3 is 2.94 bits per heavy atom. The number of hydrogen-bond acceptors (Lipinski definition) is 3.